The lowest BCUT2D eigenvalue weighted by molar-refractivity contribution is 0.0150. The number of carbonyl (C=O) groups is 1. The first kappa shape index (κ1) is 18.1. The van der Waals surface area contributed by atoms with E-state index in [0.29, 0.717) is 18.8 Å². The quantitative estimate of drug-likeness (QED) is 0.862. The number of carbonyl (C=O) groups excluding carboxylic acids is 1. The van der Waals surface area contributed by atoms with Crippen molar-refractivity contribution < 1.29 is 19.1 Å². The fourth-order valence-corrected chi connectivity index (χ4v) is 2.72. The van der Waals surface area contributed by atoms with Gasteiger partial charge in [0.05, 0.1) is 13.1 Å². The Morgan fingerprint density at radius 3 is 2.50 bits per heavy atom. The fraction of sp³-hybridized carbons (Fsp3) is 0.381. The van der Waals surface area contributed by atoms with E-state index in [4.69, 9.17) is 9.15 Å². The predicted molar refractivity (Wildman–Crippen MR) is 98.1 cm³/mol. The molecule has 1 N–H and O–H groups in total. The lowest BCUT2D eigenvalue weighted by Gasteiger charge is -2.39. The van der Waals surface area contributed by atoms with E-state index in [2.05, 4.69) is 11.8 Å². The molecule has 1 amide bonds. The van der Waals surface area contributed by atoms with Crippen LogP contribution < -0.4 is 4.74 Å². The smallest absolute Gasteiger partial charge is 0.289 e. The summed E-state index contributed by atoms with van der Waals surface area (Å²) in [6.07, 6.45) is -0.0110. The van der Waals surface area contributed by atoms with Crippen LogP contribution in [0.3, 0.4) is 0 Å². The predicted octanol–water partition coefficient (Wildman–Crippen LogP) is 2.92. The maximum Gasteiger partial charge on any atom is 0.289 e. The van der Waals surface area contributed by atoms with Gasteiger partial charge < -0.3 is 19.2 Å². The number of rotatable bonds is 3. The van der Waals surface area contributed by atoms with Crippen molar-refractivity contribution in [3.63, 3.8) is 0 Å². The highest BCUT2D eigenvalue weighted by atomic mass is 16.5. The topological polar surface area (TPSA) is 62.9 Å². The molecule has 2 heterocycles. The van der Waals surface area contributed by atoms with Gasteiger partial charge in [0.15, 0.2) is 11.5 Å². The van der Waals surface area contributed by atoms with Crippen LogP contribution >= 0.6 is 0 Å². The van der Waals surface area contributed by atoms with Gasteiger partial charge in [-0.3, -0.25) is 4.79 Å². The van der Waals surface area contributed by atoms with Gasteiger partial charge in [-0.15, -0.1) is 0 Å². The lowest BCUT2D eigenvalue weighted by Crippen LogP contribution is -2.56. The average Bonchev–Trinajstić information content (AvgIpc) is 2.98. The Morgan fingerprint density at radius 2 is 1.88 bits per heavy atom. The summed E-state index contributed by atoms with van der Waals surface area (Å²) in [6, 6.07) is 9.28. The van der Waals surface area contributed by atoms with Crippen LogP contribution in [-0.2, 0) is 0 Å². The lowest BCUT2D eigenvalue weighted by atomic mass is 10.1. The van der Waals surface area contributed by atoms with E-state index in [1.807, 2.05) is 32.0 Å². The molecule has 2 aromatic rings. The van der Waals surface area contributed by atoms with Crippen LogP contribution in [0.5, 0.6) is 5.75 Å². The zero-order chi connectivity index (χ0) is 18.9. The van der Waals surface area contributed by atoms with E-state index in [1.165, 1.54) is 0 Å². The highest BCUT2D eigenvalue weighted by Gasteiger charge is 2.34. The second-order valence-electron chi connectivity index (χ2n) is 7.14. The van der Waals surface area contributed by atoms with Gasteiger partial charge in [-0.1, -0.05) is 24.1 Å². The largest absolute Gasteiger partial charge is 0.486 e. The van der Waals surface area contributed by atoms with Crippen LogP contribution in [0.15, 0.2) is 34.7 Å². The summed E-state index contributed by atoms with van der Waals surface area (Å²) < 4.78 is 11.5. The molecule has 0 saturated carbocycles. The molecule has 0 aliphatic carbocycles. The van der Waals surface area contributed by atoms with Gasteiger partial charge in [-0.2, -0.15) is 0 Å². The summed E-state index contributed by atoms with van der Waals surface area (Å²) in [5, 5.41) is 9.62. The van der Waals surface area contributed by atoms with E-state index < -0.39 is 5.60 Å². The van der Waals surface area contributed by atoms with Crippen LogP contribution in [0.2, 0.25) is 0 Å². The van der Waals surface area contributed by atoms with Gasteiger partial charge in [0.1, 0.15) is 17.5 Å². The third kappa shape index (κ3) is 4.09. The second kappa shape index (κ2) is 6.89. The van der Waals surface area contributed by atoms with Crippen LogP contribution in [0.4, 0.5) is 0 Å². The molecular formula is C21H23NO4. The summed E-state index contributed by atoms with van der Waals surface area (Å²) in [7, 11) is 0. The first-order valence-electron chi connectivity index (χ1n) is 8.60. The Balaban J connectivity index is 1.58. The minimum atomic E-state index is -1.10. The molecule has 0 radical (unpaired) electrons. The van der Waals surface area contributed by atoms with Crippen molar-refractivity contribution in [2.75, 3.05) is 13.1 Å². The SMILES string of the molecule is Cc1cccc(C)c1OC1CN(C(=O)c2ccc(C#CC(C)(C)O)o2)C1. The number of nitrogens with zero attached hydrogens (tertiary/aromatic N) is 1. The summed E-state index contributed by atoms with van der Waals surface area (Å²) >= 11 is 0. The number of hydrogen-bond acceptors (Lipinski definition) is 4. The highest BCUT2D eigenvalue weighted by molar-refractivity contribution is 5.92. The van der Waals surface area contributed by atoms with Gasteiger partial charge in [0.2, 0.25) is 0 Å². The Hall–Kier alpha value is -2.71. The monoisotopic (exact) mass is 353 g/mol. The van der Waals surface area contributed by atoms with Crippen molar-refractivity contribution in [1.82, 2.24) is 4.90 Å². The zero-order valence-electron chi connectivity index (χ0n) is 15.5. The number of ether oxygens (including phenoxy) is 1. The summed E-state index contributed by atoms with van der Waals surface area (Å²) in [4.78, 5) is 14.1. The van der Waals surface area contributed by atoms with Crippen LogP contribution in [-0.4, -0.2) is 40.7 Å². The zero-order valence-corrected chi connectivity index (χ0v) is 15.5. The molecule has 1 aliphatic rings. The molecule has 136 valence electrons. The second-order valence-corrected chi connectivity index (χ2v) is 7.14. The number of benzene rings is 1. The summed E-state index contributed by atoms with van der Waals surface area (Å²) in [6.45, 7) is 8.26. The van der Waals surface area contributed by atoms with Crippen molar-refractivity contribution in [3.05, 3.63) is 53.0 Å². The number of amides is 1. The molecule has 1 fully saturated rings. The third-order valence-electron chi connectivity index (χ3n) is 4.14. The molecule has 1 saturated heterocycles. The van der Waals surface area contributed by atoms with Crippen molar-refractivity contribution in [2.24, 2.45) is 0 Å². The molecule has 1 aromatic heterocycles. The molecule has 0 unspecified atom stereocenters. The Kier molecular flexibility index (Phi) is 4.80. The van der Waals surface area contributed by atoms with Crippen molar-refractivity contribution >= 4 is 5.91 Å². The summed E-state index contributed by atoms with van der Waals surface area (Å²) in [5.41, 5.74) is 1.08. The van der Waals surface area contributed by atoms with Gasteiger partial charge >= 0.3 is 0 Å². The van der Waals surface area contributed by atoms with E-state index >= 15 is 0 Å². The minimum Gasteiger partial charge on any atom is -0.486 e. The van der Waals surface area contributed by atoms with Crippen molar-refractivity contribution in [3.8, 4) is 17.6 Å². The number of furan rings is 1. The molecule has 0 bridgehead atoms. The van der Waals surface area contributed by atoms with Crippen molar-refractivity contribution in [2.45, 2.75) is 39.4 Å². The molecule has 1 aliphatic heterocycles. The first-order chi connectivity index (χ1) is 12.2. The van der Waals surface area contributed by atoms with E-state index in [-0.39, 0.29) is 17.8 Å². The molecular weight excluding hydrogens is 330 g/mol. The average molecular weight is 353 g/mol. The van der Waals surface area contributed by atoms with E-state index in [1.54, 1.807) is 30.9 Å². The van der Waals surface area contributed by atoms with E-state index in [0.717, 1.165) is 16.9 Å². The highest BCUT2D eigenvalue weighted by Crippen LogP contribution is 2.26. The Morgan fingerprint density at radius 1 is 1.23 bits per heavy atom. The van der Waals surface area contributed by atoms with Gasteiger partial charge in [-0.05, 0) is 56.9 Å². The number of para-hydroxylation sites is 1. The van der Waals surface area contributed by atoms with Crippen LogP contribution in [0, 0.1) is 25.7 Å². The van der Waals surface area contributed by atoms with Gasteiger partial charge in [0, 0.05) is 0 Å². The minimum absolute atomic E-state index is 0.0110. The van der Waals surface area contributed by atoms with Gasteiger partial charge in [-0.25, -0.2) is 0 Å². The number of hydrogen-bond donors (Lipinski definition) is 1. The van der Waals surface area contributed by atoms with Gasteiger partial charge in [0.25, 0.3) is 5.91 Å². The number of likely N-dealkylation sites (tertiary alicyclic amines) is 1. The molecule has 1 aromatic carbocycles. The number of aryl methyl sites for hydroxylation is 2. The Bertz CT molecular complexity index is 853. The molecule has 0 atom stereocenters. The fourth-order valence-electron chi connectivity index (χ4n) is 2.72. The first-order valence-corrected chi connectivity index (χ1v) is 8.60. The van der Waals surface area contributed by atoms with Crippen LogP contribution in [0.25, 0.3) is 0 Å². The standard InChI is InChI=1S/C21H23NO4/c1-14-6-5-7-15(2)19(14)26-17-12-22(13-17)20(23)18-9-8-16(25-18)10-11-21(3,4)24/h5-9,17,24H,12-13H2,1-4H3. The molecule has 0 spiro atoms. The van der Waals surface area contributed by atoms with Crippen LogP contribution in [0.1, 0.15) is 41.3 Å². The normalized spacial score (nSPS) is 14.4. The molecule has 3 rings (SSSR count). The molecule has 26 heavy (non-hydrogen) atoms. The Labute approximate surface area is 153 Å². The molecule has 5 nitrogen and oxygen atoms in total. The maximum absolute atomic E-state index is 12.5. The van der Waals surface area contributed by atoms with Crippen molar-refractivity contribution in [1.29, 1.82) is 0 Å². The number of aliphatic hydroxyl groups is 1. The summed E-state index contributed by atoms with van der Waals surface area (Å²) in [5.74, 6) is 6.71. The third-order valence-corrected chi connectivity index (χ3v) is 4.14. The van der Waals surface area contributed by atoms with E-state index in [9.17, 15) is 9.90 Å². The molecule has 5 heteroatoms. The maximum atomic E-state index is 12.5.